The maximum atomic E-state index is 12.8. The molecule has 0 saturated heterocycles. The van der Waals surface area contributed by atoms with E-state index in [1.165, 1.54) is 0 Å². The summed E-state index contributed by atoms with van der Waals surface area (Å²) in [7, 11) is 0. The monoisotopic (exact) mass is 313 g/mol. The number of allylic oxidation sites excluding steroid dienone is 2. The second-order valence-corrected chi connectivity index (χ2v) is 6.72. The van der Waals surface area contributed by atoms with Crippen LogP contribution in [0.25, 0.3) is 0 Å². The van der Waals surface area contributed by atoms with Crippen molar-refractivity contribution in [3.63, 3.8) is 0 Å². The minimum Gasteiger partial charge on any atom is -0.481 e. The number of carbonyl (C=O) groups is 2. The van der Waals surface area contributed by atoms with Crippen LogP contribution in [0.5, 0.6) is 0 Å². The van der Waals surface area contributed by atoms with E-state index in [0.717, 1.165) is 24.1 Å². The Balaban J connectivity index is 1.83. The van der Waals surface area contributed by atoms with Crippen molar-refractivity contribution in [3.8, 4) is 0 Å². The summed E-state index contributed by atoms with van der Waals surface area (Å²) in [6.07, 6.45) is 5.73. The molecule has 2 N–H and O–H groups in total. The van der Waals surface area contributed by atoms with Gasteiger partial charge in [-0.15, -0.1) is 0 Å². The highest BCUT2D eigenvalue weighted by atomic mass is 16.4. The Hall–Kier alpha value is -2.10. The fourth-order valence-corrected chi connectivity index (χ4v) is 3.99. The van der Waals surface area contributed by atoms with Crippen LogP contribution in [0.1, 0.15) is 38.2 Å². The summed E-state index contributed by atoms with van der Waals surface area (Å²) in [4.78, 5) is 24.3. The van der Waals surface area contributed by atoms with Crippen molar-refractivity contribution < 1.29 is 14.7 Å². The maximum absolute atomic E-state index is 12.8. The van der Waals surface area contributed by atoms with Crippen molar-refractivity contribution in [2.45, 2.75) is 32.6 Å². The minimum absolute atomic E-state index is 0.00180. The molecule has 0 aromatic heterocycles. The third-order valence-electron chi connectivity index (χ3n) is 5.41. The highest BCUT2D eigenvalue weighted by Gasteiger charge is 2.51. The van der Waals surface area contributed by atoms with Crippen molar-refractivity contribution >= 4 is 17.6 Å². The van der Waals surface area contributed by atoms with Gasteiger partial charge in [-0.25, -0.2) is 0 Å². The molecule has 0 spiro atoms. The van der Waals surface area contributed by atoms with Crippen LogP contribution < -0.4 is 5.32 Å². The zero-order valence-corrected chi connectivity index (χ0v) is 13.5. The van der Waals surface area contributed by atoms with Crippen molar-refractivity contribution in [2.75, 3.05) is 5.32 Å². The van der Waals surface area contributed by atoms with E-state index in [2.05, 4.69) is 19.2 Å². The third-order valence-corrected chi connectivity index (χ3v) is 5.41. The van der Waals surface area contributed by atoms with E-state index >= 15 is 0 Å². The van der Waals surface area contributed by atoms with E-state index in [4.69, 9.17) is 0 Å². The molecule has 2 aliphatic carbocycles. The second-order valence-electron chi connectivity index (χ2n) is 6.72. The van der Waals surface area contributed by atoms with Gasteiger partial charge in [0.15, 0.2) is 0 Å². The fraction of sp³-hybridized carbons (Fsp3) is 0.474. The number of carboxylic acid groups (broad SMARTS) is 1. The van der Waals surface area contributed by atoms with Gasteiger partial charge >= 0.3 is 5.97 Å². The van der Waals surface area contributed by atoms with E-state index in [0.29, 0.717) is 5.92 Å². The van der Waals surface area contributed by atoms with Gasteiger partial charge in [0.05, 0.1) is 11.8 Å². The molecule has 4 nitrogen and oxygen atoms in total. The molecule has 1 saturated carbocycles. The average Bonchev–Trinajstić information content (AvgIpc) is 3.15. The van der Waals surface area contributed by atoms with Gasteiger partial charge < -0.3 is 10.4 Å². The molecule has 3 rings (SSSR count). The number of amides is 1. The lowest BCUT2D eigenvalue weighted by atomic mass is 9.82. The predicted molar refractivity (Wildman–Crippen MR) is 89.1 cm³/mol. The van der Waals surface area contributed by atoms with Gasteiger partial charge in [-0.05, 0) is 42.2 Å². The van der Waals surface area contributed by atoms with Crippen LogP contribution in [0.2, 0.25) is 0 Å². The summed E-state index contributed by atoms with van der Waals surface area (Å²) in [5, 5.41) is 12.5. The number of nitrogens with one attached hydrogen (secondary N) is 1. The number of hydrogen-bond acceptors (Lipinski definition) is 2. The Kier molecular flexibility index (Phi) is 4.24. The molecule has 1 amide bonds. The lowest BCUT2D eigenvalue weighted by Gasteiger charge is -2.25. The summed E-state index contributed by atoms with van der Waals surface area (Å²) < 4.78 is 0. The Bertz CT molecular complexity index is 652. The van der Waals surface area contributed by atoms with Crippen LogP contribution in [0, 0.1) is 23.7 Å². The van der Waals surface area contributed by atoms with Crippen molar-refractivity contribution in [3.05, 3.63) is 42.0 Å². The molecule has 0 heterocycles. The average molecular weight is 313 g/mol. The SMILES string of the molecule is CC[C@H](C)c1ccccc1NC(=O)[C@@H]1[C@@H](C(=O)O)[C@H]2C=C[C@@H]1C2. The molecule has 23 heavy (non-hydrogen) atoms. The first-order valence-electron chi connectivity index (χ1n) is 8.33. The van der Waals surface area contributed by atoms with Gasteiger partial charge in [-0.3, -0.25) is 9.59 Å². The van der Waals surface area contributed by atoms with Gasteiger partial charge in [0.2, 0.25) is 5.91 Å². The smallest absolute Gasteiger partial charge is 0.307 e. The molecule has 122 valence electrons. The number of rotatable bonds is 5. The molecule has 0 aliphatic heterocycles. The first-order valence-corrected chi connectivity index (χ1v) is 8.33. The summed E-state index contributed by atoms with van der Waals surface area (Å²) in [6.45, 7) is 4.25. The van der Waals surface area contributed by atoms with Crippen LogP contribution in [-0.2, 0) is 9.59 Å². The number of para-hydroxylation sites is 1. The molecule has 1 aromatic rings. The van der Waals surface area contributed by atoms with Gasteiger partial charge in [0.25, 0.3) is 0 Å². The standard InChI is InChI=1S/C19H23NO3/c1-3-11(2)14-6-4-5-7-15(14)20-18(21)16-12-8-9-13(10-12)17(16)19(22)23/h4-9,11-13,16-17H,3,10H2,1-2H3,(H,20,21)(H,22,23)/t11-,12+,13-,16-,17-/m0/s1. The van der Waals surface area contributed by atoms with Crippen molar-refractivity contribution in [1.29, 1.82) is 0 Å². The number of carboxylic acids is 1. The second kappa shape index (κ2) is 6.19. The molecule has 4 heteroatoms. The first-order chi connectivity index (χ1) is 11.0. The Labute approximate surface area is 136 Å². The quantitative estimate of drug-likeness (QED) is 0.815. The number of fused-ring (bicyclic) bond motifs is 2. The molecular formula is C19H23NO3. The van der Waals surface area contributed by atoms with Crippen LogP contribution in [0.15, 0.2) is 36.4 Å². The molecular weight excluding hydrogens is 290 g/mol. The van der Waals surface area contributed by atoms with Crippen LogP contribution >= 0.6 is 0 Å². The molecule has 1 aromatic carbocycles. The summed E-state index contributed by atoms with van der Waals surface area (Å²) in [6, 6.07) is 7.80. The van der Waals surface area contributed by atoms with E-state index < -0.39 is 17.8 Å². The zero-order chi connectivity index (χ0) is 16.6. The van der Waals surface area contributed by atoms with E-state index in [1.807, 2.05) is 36.4 Å². The molecule has 5 atom stereocenters. The van der Waals surface area contributed by atoms with E-state index in [-0.39, 0.29) is 17.7 Å². The van der Waals surface area contributed by atoms with E-state index in [1.54, 1.807) is 0 Å². The van der Waals surface area contributed by atoms with Gasteiger partial charge in [-0.2, -0.15) is 0 Å². The van der Waals surface area contributed by atoms with Crippen molar-refractivity contribution in [2.24, 2.45) is 23.7 Å². The van der Waals surface area contributed by atoms with Crippen LogP contribution in [0.3, 0.4) is 0 Å². The number of hydrogen-bond donors (Lipinski definition) is 2. The summed E-state index contributed by atoms with van der Waals surface area (Å²) in [5.41, 5.74) is 1.91. The van der Waals surface area contributed by atoms with Crippen LogP contribution in [-0.4, -0.2) is 17.0 Å². The van der Waals surface area contributed by atoms with Gasteiger partial charge in [0.1, 0.15) is 0 Å². The van der Waals surface area contributed by atoms with Crippen molar-refractivity contribution in [1.82, 2.24) is 0 Å². The fourth-order valence-electron chi connectivity index (χ4n) is 3.99. The number of aliphatic carboxylic acids is 1. The molecule has 0 unspecified atom stereocenters. The van der Waals surface area contributed by atoms with Gasteiger partial charge in [-0.1, -0.05) is 44.2 Å². The highest BCUT2D eigenvalue weighted by molar-refractivity contribution is 5.97. The lowest BCUT2D eigenvalue weighted by Crippen LogP contribution is -2.36. The largest absolute Gasteiger partial charge is 0.481 e. The molecule has 2 bridgehead atoms. The number of benzene rings is 1. The Morgan fingerprint density at radius 3 is 2.52 bits per heavy atom. The topological polar surface area (TPSA) is 66.4 Å². The lowest BCUT2D eigenvalue weighted by molar-refractivity contribution is -0.146. The Morgan fingerprint density at radius 2 is 1.87 bits per heavy atom. The first kappa shape index (κ1) is 15.8. The summed E-state index contributed by atoms with van der Waals surface area (Å²) >= 11 is 0. The van der Waals surface area contributed by atoms with E-state index in [9.17, 15) is 14.7 Å². The molecule has 2 aliphatic rings. The van der Waals surface area contributed by atoms with Crippen LogP contribution in [0.4, 0.5) is 5.69 Å². The predicted octanol–water partition coefficient (Wildman–Crippen LogP) is 3.66. The highest BCUT2D eigenvalue weighted by Crippen LogP contribution is 2.48. The van der Waals surface area contributed by atoms with Gasteiger partial charge in [0, 0.05) is 5.69 Å². The normalized spacial score (nSPS) is 29.5. The number of anilines is 1. The minimum atomic E-state index is -0.864. The Morgan fingerprint density at radius 1 is 1.22 bits per heavy atom. The number of carbonyl (C=O) groups excluding carboxylic acids is 1. The third kappa shape index (κ3) is 2.78. The molecule has 0 radical (unpaired) electrons. The maximum Gasteiger partial charge on any atom is 0.307 e. The summed E-state index contributed by atoms with van der Waals surface area (Å²) in [5.74, 6) is -1.69. The molecule has 1 fully saturated rings. The zero-order valence-electron chi connectivity index (χ0n) is 13.5.